The first kappa shape index (κ1) is 18.8. The number of carbonyl (C=O) groups excluding carboxylic acids is 3. The van der Waals surface area contributed by atoms with Gasteiger partial charge >= 0.3 is 0 Å². The van der Waals surface area contributed by atoms with Gasteiger partial charge in [0.2, 0.25) is 5.91 Å². The van der Waals surface area contributed by atoms with Crippen molar-refractivity contribution in [1.29, 1.82) is 0 Å². The van der Waals surface area contributed by atoms with Crippen molar-refractivity contribution in [2.45, 2.75) is 6.42 Å². The highest BCUT2D eigenvalue weighted by atomic mass is 16.2. The highest BCUT2D eigenvalue weighted by Gasteiger charge is 2.36. The fraction of sp³-hybridized carbons (Fsp3) is 0.0800. The number of aromatic nitrogens is 1. The number of anilines is 2. The Labute approximate surface area is 178 Å². The maximum atomic E-state index is 12.7. The summed E-state index contributed by atoms with van der Waals surface area (Å²) < 4.78 is 2.00. The summed E-state index contributed by atoms with van der Waals surface area (Å²) in [6.07, 6.45) is 2.18. The molecule has 0 fully saturated rings. The minimum absolute atomic E-state index is 0.170. The second-order valence-corrected chi connectivity index (χ2v) is 7.55. The van der Waals surface area contributed by atoms with E-state index in [4.69, 9.17) is 0 Å². The molecular formula is C25H19N3O3. The Morgan fingerprint density at radius 3 is 2.29 bits per heavy atom. The highest BCUT2D eigenvalue weighted by molar-refractivity contribution is 6.34. The SMILES string of the molecule is Cn1cc(CC(=O)Nc2cccc(N3C(=O)c4ccccc4C3=O)c2)c2ccccc21. The second-order valence-electron chi connectivity index (χ2n) is 7.55. The third kappa shape index (κ3) is 3.18. The van der Waals surface area contributed by atoms with Crippen LogP contribution < -0.4 is 10.2 Å². The van der Waals surface area contributed by atoms with Crippen LogP contribution in [0.2, 0.25) is 0 Å². The number of para-hydroxylation sites is 1. The van der Waals surface area contributed by atoms with Crippen LogP contribution >= 0.6 is 0 Å². The minimum atomic E-state index is -0.361. The van der Waals surface area contributed by atoms with Crippen molar-refractivity contribution in [3.63, 3.8) is 0 Å². The number of fused-ring (bicyclic) bond motifs is 2. The van der Waals surface area contributed by atoms with Crippen molar-refractivity contribution in [1.82, 2.24) is 4.57 Å². The Morgan fingerprint density at radius 2 is 1.55 bits per heavy atom. The van der Waals surface area contributed by atoms with Crippen LogP contribution in [0.3, 0.4) is 0 Å². The van der Waals surface area contributed by atoms with Gasteiger partial charge in [0.1, 0.15) is 0 Å². The average molecular weight is 409 g/mol. The van der Waals surface area contributed by atoms with Crippen LogP contribution in [0.25, 0.3) is 10.9 Å². The van der Waals surface area contributed by atoms with Crippen molar-refractivity contribution in [3.8, 4) is 0 Å². The van der Waals surface area contributed by atoms with Crippen LogP contribution in [-0.4, -0.2) is 22.3 Å². The molecule has 6 heteroatoms. The number of rotatable bonds is 4. The predicted molar refractivity (Wildman–Crippen MR) is 119 cm³/mol. The molecule has 3 amide bonds. The summed E-state index contributed by atoms with van der Waals surface area (Å²) in [5.74, 6) is -0.893. The van der Waals surface area contributed by atoms with Gasteiger partial charge in [0.25, 0.3) is 11.8 Å². The number of aryl methyl sites for hydroxylation is 1. The van der Waals surface area contributed by atoms with E-state index in [0.717, 1.165) is 21.4 Å². The Hall–Kier alpha value is -4.19. The van der Waals surface area contributed by atoms with Crippen LogP contribution in [0.4, 0.5) is 11.4 Å². The van der Waals surface area contributed by atoms with Crippen molar-refractivity contribution in [2.75, 3.05) is 10.2 Å². The number of benzene rings is 3. The summed E-state index contributed by atoms with van der Waals surface area (Å²) in [6.45, 7) is 0. The molecule has 1 aliphatic rings. The summed E-state index contributed by atoms with van der Waals surface area (Å²) in [4.78, 5) is 39.3. The van der Waals surface area contributed by atoms with E-state index in [0.29, 0.717) is 22.5 Å². The number of hydrogen-bond donors (Lipinski definition) is 1. The average Bonchev–Trinajstić information content (AvgIpc) is 3.22. The van der Waals surface area contributed by atoms with E-state index in [-0.39, 0.29) is 24.1 Å². The Morgan fingerprint density at radius 1 is 0.871 bits per heavy atom. The van der Waals surface area contributed by atoms with Gasteiger partial charge in [-0.15, -0.1) is 0 Å². The first-order valence-corrected chi connectivity index (χ1v) is 9.93. The van der Waals surface area contributed by atoms with E-state index >= 15 is 0 Å². The van der Waals surface area contributed by atoms with Gasteiger partial charge < -0.3 is 9.88 Å². The van der Waals surface area contributed by atoms with Crippen LogP contribution in [0.5, 0.6) is 0 Å². The first-order valence-electron chi connectivity index (χ1n) is 9.93. The molecule has 1 aliphatic heterocycles. The maximum absolute atomic E-state index is 12.7. The van der Waals surface area contributed by atoms with Crippen LogP contribution in [0.1, 0.15) is 26.3 Å². The summed E-state index contributed by atoms with van der Waals surface area (Å²) >= 11 is 0. The van der Waals surface area contributed by atoms with Crippen molar-refractivity contribution in [3.05, 3.63) is 95.7 Å². The molecule has 3 aromatic carbocycles. The monoisotopic (exact) mass is 409 g/mol. The summed E-state index contributed by atoms with van der Waals surface area (Å²) in [5.41, 5.74) is 3.73. The van der Waals surface area contributed by atoms with Crippen molar-refractivity contribution >= 4 is 40.0 Å². The van der Waals surface area contributed by atoms with Crippen LogP contribution in [0, 0.1) is 0 Å². The fourth-order valence-electron chi connectivity index (χ4n) is 4.09. The molecule has 152 valence electrons. The second kappa shape index (κ2) is 7.25. The highest BCUT2D eigenvalue weighted by Crippen LogP contribution is 2.30. The molecule has 0 saturated heterocycles. The Kier molecular flexibility index (Phi) is 4.40. The molecule has 0 unspecified atom stereocenters. The summed E-state index contributed by atoms with van der Waals surface area (Å²) in [5, 5.41) is 3.92. The molecule has 0 saturated carbocycles. The molecule has 1 aromatic heterocycles. The fourth-order valence-corrected chi connectivity index (χ4v) is 4.09. The molecule has 1 N–H and O–H groups in total. The molecular weight excluding hydrogens is 390 g/mol. The largest absolute Gasteiger partial charge is 0.350 e. The molecule has 0 spiro atoms. The Balaban J connectivity index is 1.37. The molecule has 2 heterocycles. The normalized spacial score (nSPS) is 13.0. The minimum Gasteiger partial charge on any atom is -0.350 e. The van der Waals surface area contributed by atoms with Gasteiger partial charge in [-0.25, -0.2) is 4.90 Å². The molecule has 0 aliphatic carbocycles. The topological polar surface area (TPSA) is 71.4 Å². The lowest BCUT2D eigenvalue weighted by atomic mass is 10.1. The maximum Gasteiger partial charge on any atom is 0.266 e. The molecule has 31 heavy (non-hydrogen) atoms. The zero-order valence-electron chi connectivity index (χ0n) is 16.8. The lowest BCUT2D eigenvalue weighted by Gasteiger charge is -2.15. The van der Waals surface area contributed by atoms with Crippen molar-refractivity contribution < 1.29 is 14.4 Å². The lowest BCUT2D eigenvalue weighted by Crippen LogP contribution is -2.29. The van der Waals surface area contributed by atoms with Gasteiger partial charge in [-0.1, -0.05) is 36.4 Å². The van der Waals surface area contributed by atoms with E-state index in [9.17, 15) is 14.4 Å². The van der Waals surface area contributed by atoms with Crippen molar-refractivity contribution in [2.24, 2.45) is 7.05 Å². The molecule has 6 nitrogen and oxygen atoms in total. The molecule has 5 rings (SSSR count). The number of hydrogen-bond acceptors (Lipinski definition) is 3. The van der Waals surface area contributed by atoms with Gasteiger partial charge in [-0.3, -0.25) is 14.4 Å². The summed E-state index contributed by atoms with van der Waals surface area (Å²) in [7, 11) is 1.95. The molecule has 4 aromatic rings. The van der Waals surface area contributed by atoms with Crippen LogP contribution in [-0.2, 0) is 18.3 Å². The molecule has 0 radical (unpaired) electrons. The number of amides is 3. The Bertz CT molecular complexity index is 1330. The molecule has 0 bridgehead atoms. The van der Waals surface area contributed by atoms with Gasteiger partial charge in [0.05, 0.1) is 23.2 Å². The first-order chi connectivity index (χ1) is 15.0. The van der Waals surface area contributed by atoms with Gasteiger partial charge in [0.15, 0.2) is 0 Å². The number of nitrogens with zero attached hydrogens (tertiary/aromatic N) is 2. The third-order valence-corrected chi connectivity index (χ3v) is 5.51. The standard InChI is InChI=1S/C25H19N3O3/c1-27-15-16(19-9-4-5-12-22(19)27)13-23(29)26-17-7-6-8-18(14-17)28-24(30)20-10-2-3-11-21(20)25(28)31/h2-12,14-15H,13H2,1H3,(H,26,29). The smallest absolute Gasteiger partial charge is 0.266 e. The van der Waals surface area contributed by atoms with E-state index in [1.54, 1.807) is 48.5 Å². The number of imide groups is 1. The molecule has 0 atom stereocenters. The van der Waals surface area contributed by atoms with E-state index in [2.05, 4.69) is 5.32 Å². The van der Waals surface area contributed by atoms with Gasteiger partial charge in [-0.2, -0.15) is 0 Å². The zero-order valence-corrected chi connectivity index (χ0v) is 16.8. The third-order valence-electron chi connectivity index (χ3n) is 5.51. The van der Waals surface area contributed by atoms with Crippen LogP contribution in [0.15, 0.2) is 79.0 Å². The van der Waals surface area contributed by atoms with E-state index in [1.807, 2.05) is 42.1 Å². The zero-order chi connectivity index (χ0) is 21.5. The predicted octanol–water partition coefficient (Wildman–Crippen LogP) is 4.16. The van der Waals surface area contributed by atoms with Gasteiger partial charge in [0, 0.05) is 29.8 Å². The van der Waals surface area contributed by atoms with E-state index in [1.165, 1.54) is 0 Å². The number of carbonyl (C=O) groups is 3. The van der Waals surface area contributed by atoms with E-state index < -0.39 is 0 Å². The van der Waals surface area contributed by atoms with Gasteiger partial charge in [-0.05, 0) is 42.0 Å². The quantitative estimate of drug-likeness (QED) is 0.515. The summed E-state index contributed by atoms with van der Waals surface area (Å²) in [6, 6.07) is 21.5. The number of nitrogens with one attached hydrogen (secondary N) is 1. The lowest BCUT2D eigenvalue weighted by molar-refractivity contribution is -0.115.